The smallest absolute Gasteiger partial charge is 0.178 e. The Labute approximate surface area is 159 Å². The van der Waals surface area contributed by atoms with E-state index in [0.29, 0.717) is 11.6 Å². The SMILES string of the molecule is CCNC1CCC(CS(=O)(=O)c2ccc(-c3ccc(F)cc3F)cc2)CC1. The Morgan fingerprint density at radius 3 is 2.26 bits per heavy atom. The molecule has 0 aromatic heterocycles. The van der Waals surface area contributed by atoms with Crippen molar-refractivity contribution >= 4 is 9.84 Å². The van der Waals surface area contributed by atoms with Crippen molar-refractivity contribution in [2.24, 2.45) is 5.92 Å². The fourth-order valence-corrected chi connectivity index (χ4v) is 5.49. The Hall–Kier alpha value is -1.79. The molecule has 2 aromatic rings. The van der Waals surface area contributed by atoms with Gasteiger partial charge in [0.05, 0.1) is 10.6 Å². The molecule has 0 aliphatic heterocycles. The zero-order valence-electron chi connectivity index (χ0n) is 15.4. The van der Waals surface area contributed by atoms with Gasteiger partial charge >= 0.3 is 0 Å². The summed E-state index contributed by atoms with van der Waals surface area (Å²) in [5.74, 6) is -0.975. The molecular formula is C21H25F2NO2S. The molecule has 0 bridgehead atoms. The summed E-state index contributed by atoms with van der Waals surface area (Å²) >= 11 is 0. The van der Waals surface area contributed by atoms with Crippen LogP contribution < -0.4 is 5.32 Å². The molecule has 3 rings (SSSR count). The van der Waals surface area contributed by atoms with Crippen molar-refractivity contribution in [2.45, 2.75) is 43.5 Å². The maximum Gasteiger partial charge on any atom is 0.178 e. The van der Waals surface area contributed by atoms with Crippen LogP contribution in [0.25, 0.3) is 11.1 Å². The molecule has 1 fully saturated rings. The second-order valence-electron chi connectivity index (χ2n) is 7.21. The van der Waals surface area contributed by atoms with Gasteiger partial charge in [0, 0.05) is 17.7 Å². The van der Waals surface area contributed by atoms with E-state index >= 15 is 0 Å². The monoisotopic (exact) mass is 393 g/mol. The topological polar surface area (TPSA) is 46.2 Å². The third-order valence-electron chi connectivity index (χ3n) is 5.25. The Bertz CT molecular complexity index is 874. The fourth-order valence-electron chi connectivity index (χ4n) is 3.79. The maximum atomic E-state index is 13.9. The van der Waals surface area contributed by atoms with Gasteiger partial charge in [-0.3, -0.25) is 0 Å². The number of halogens is 2. The summed E-state index contributed by atoms with van der Waals surface area (Å²) in [7, 11) is -3.38. The van der Waals surface area contributed by atoms with Crippen molar-refractivity contribution in [1.82, 2.24) is 5.32 Å². The van der Waals surface area contributed by atoms with Crippen LogP contribution in [0.5, 0.6) is 0 Å². The first kappa shape index (κ1) is 20.0. The molecule has 146 valence electrons. The quantitative estimate of drug-likeness (QED) is 0.782. The summed E-state index contributed by atoms with van der Waals surface area (Å²) in [6.07, 6.45) is 3.85. The van der Waals surface area contributed by atoms with E-state index in [9.17, 15) is 17.2 Å². The summed E-state index contributed by atoms with van der Waals surface area (Å²) in [6, 6.07) is 10.0. The van der Waals surface area contributed by atoms with Crippen LogP contribution in [0.15, 0.2) is 47.4 Å². The van der Waals surface area contributed by atoms with Gasteiger partial charge in [-0.15, -0.1) is 0 Å². The van der Waals surface area contributed by atoms with Crippen LogP contribution in [0.4, 0.5) is 8.78 Å². The predicted molar refractivity (Wildman–Crippen MR) is 103 cm³/mol. The van der Waals surface area contributed by atoms with Gasteiger partial charge in [-0.1, -0.05) is 19.1 Å². The average molecular weight is 393 g/mol. The number of hydrogen-bond acceptors (Lipinski definition) is 3. The van der Waals surface area contributed by atoms with Crippen LogP contribution in [0.3, 0.4) is 0 Å². The lowest BCUT2D eigenvalue weighted by atomic mass is 9.87. The van der Waals surface area contributed by atoms with Crippen molar-refractivity contribution in [2.75, 3.05) is 12.3 Å². The zero-order chi connectivity index (χ0) is 19.4. The highest BCUT2D eigenvalue weighted by atomic mass is 32.2. The van der Waals surface area contributed by atoms with E-state index in [4.69, 9.17) is 0 Å². The second-order valence-corrected chi connectivity index (χ2v) is 9.24. The number of nitrogens with one attached hydrogen (secondary N) is 1. The van der Waals surface area contributed by atoms with Crippen LogP contribution in [-0.4, -0.2) is 26.8 Å². The van der Waals surface area contributed by atoms with E-state index in [-0.39, 0.29) is 22.1 Å². The minimum atomic E-state index is -3.38. The van der Waals surface area contributed by atoms with Gasteiger partial charge in [0.2, 0.25) is 0 Å². The van der Waals surface area contributed by atoms with E-state index in [1.54, 1.807) is 12.1 Å². The van der Waals surface area contributed by atoms with Gasteiger partial charge in [-0.25, -0.2) is 17.2 Å². The third kappa shape index (κ3) is 4.93. The zero-order valence-corrected chi connectivity index (χ0v) is 16.2. The number of rotatable bonds is 6. The van der Waals surface area contributed by atoms with E-state index in [2.05, 4.69) is 12.2 Å². The summed E-state index contributed by atoms with van der Waals surface area (Å²) in [4.78, 5) is 0.252. The van der Waals surface area contributed by atoms with Crippen molar-refractivity contribution in [3.8, 4) is 11.1 Å². The highest BCUT2D eigenvalue weighted by molar-refractivity contribution is 7.91. The van der Waals surface area contributed by atoms with Gasteiger partial charge in [0.1, 0.15) is 11.6 Å². The van der Waals surface area contributed by atoms with E-state index in [1.807, 2.05) is 0 Å². The van der Waals surface area contributed by atoms with Gasteiger partial charge in [0.25, 0.3) is 0 Å². The van der Waals surface area contributed by atoms with Crippen LogP contribution in [0, 0.1) is 17.6 Å². The Morgan fingerprint density at radius 1 is 1.00 bits per heavy atom. The summed E-state index contributed by atoms with van der Waals surface area (Å²) in [5.41, 5.74) is 0.777. The third-order valence-corrected chi connectivity index (χ3v) is 7.15. The van der Waals surface area contributed by atoms with Gasteiger partial charge < -0.3 is 5.32 Å². The molecule has 1 saturated carbocycles. The molecule has 3 nitrogen and oxygen atoms in total. The minimum Gasteiger partial charge on any atom is -0.314 e. The molecular weight excluding hydrogens is 368 g/mol. The Kier molecular flexibility index (Phi) is 6.27. The summed E-state index contributed by atoms with van der Waals surface area (Å²) in [6.45, 7) is 3.02. The van der Waals surface area contributed by atoms with Crippen molar-refractivity contribution in [3.05, 3.63) is 54.1 Å². The van der Waals surface area contributed by atoms with Crippen LogP contribution in [-0.2, 0) is 9.84 Å². The maximum absolute atomic E-state index is 13.9. The van der Waals surface area contributed by atoms with Gasteiger partial charge in [-0.05, 0) is 68.0 Å². The molecule has 1 aliphatic carbocycles. The normalized spacial score (nSPS) is 20.6. The standard InChI is InChI=1S/C21H25F2NO2S/c1-2-24-18-8-3-15(4-9-18)14-27(25,26)19-10-5-16(6-11-19)20-12-7-17(22)13-21(20)23/h5-7,10-13,15,18,24H,2-4,8-9,14H2,1H3. The van der Waals surface area contributed by atoms with Gasteiger partial charge in [-0.2, -0.15) is 0 Å². The molecule has 27 heavy (non-hydrogen) atoms. The van der Waals surface area contributed by atoms with E-state index in [0.717, 1.165) is 38.3 Å². The molecule has 0 heterocycles. The fraction of sp³-hybridized carbons (Fsp3) is 0.429. The lowest BCUT2D eigenvalue weighted by molar-refractivity contribution is 0.312. The molecule has 0 amide bonds. The molecule has 0 radical (unpaired) electrons. The second kappa shape index (κ2) is 8.48. The first-order chi connectivity index (χ1) is 12.9. The van der Waals surface area contributed by atoms with Crippen LogP contribution in [0.2, 0.25) is 0 Å². The van der Waals surface area contributed by atoms with Crippen molar-refractivity contribution < 1.29 is 17.2 Å². The summed E-state index contributed by atoms with van der Waals surface area (Å²) in [5, 5.41) is 3.43. The predicted octanol–water partition coefficient (Wildman–Crippen LogP) is 4.57. The highest BCUT2D eigenvalue weighted by Gasteiger charge is 2.26. The average Bonchev–Trinajstić information content (AvgIpc) is 2.63. The molecule has 0 atom stereocenters. The number of sulfone groups is 1. The Morgan fingerprint density at radius 2 is 1.67 bits per heavy atom. The highest BCUT2D eigenvalue weighted by Crippen LogP contribution is 2.29. The number of benzene rings is 2. The van der Waals surface area contributed by atoms with Gasteiger partial charge in [0.15, 0.2) is 9.84 Å². The van der Waals surface area contributed by atoms with Crippen molar-refractivity contribution in [1.29, 1.82) is 0 Å². The largest absolute Gasteiger partial charge is 0.314 e. The van der Waals surface area contributed by atoms with Crippen LogP contribution in [0.1, 0.15) is 32.6 Å². The minimum absolute atomic E-state index is 0.149. The molecule has 6 heteroatoms. The number of hydrogen-bond donors (Lipinski definition) is 1. The van der Waals surface area contributed by atoms with E-state index in [1.165, 1.54) is 24.3 Å². The van der Waals surface area contributed by atoms with Crippen molar-refractivity contribution in [3.63, 3.8) is 0 Å². The lowest BCUT2D eigenvalue weighted by Crippen LogP contribution is -2.34. The first-order valence-electron chi connectivity index (χ1n) is 9.40. The summed E-state index contributed by atoms with van der Waals surface area (Å²) < 4.78 is 52.4. The van der Waals surface area contributed by atoms with E-state index < -0.39 is 21.5 Å². The molecule has 1 N–H and O–H groups in total. The molecule has 2 aromatic carbocycles. The Balaban J connectivity index is 1.69. The molecule has 0 spiro atoms. The molecule has 1 aliphatic rings. The first-order valence-corrected chi connectivity index (χ1v) is 11.1. The molecule has 0 saturated heterocycles. The lowest BCUT2D eigenvalue weighted by Gasteiger charge is -2.28. The molecule has 0 unspecified atom stereocenters. The van der Waals surface area contributed by atoms with Crippen LogP contribution >= 0.6 is 0 Å².